The molecule has 1 fully saturated rings. The second kappa shape index (κ2) is 10.4. The maximum Gasteiger partial charge on any atom is 0.258 e. The van der Waals surface area contributed by atoms with Crippen LogP contribution in [0.2, 0.25) is 0 Å². The van der Waals surface area contributed by atoms with E-state index in [1.165, 1.54) is 10.6 Å². The maximum atomic E-state index is 13.2. The van der Waals surface area contributed by atoms with Crippen molar-refractivity contribution in [2.75, 3.05) is 48.3 Å². The van der Waals surface area contributed by atoms with E-state index in [9.17, 15) is 9.59 Å². The van der Waals surface area contributed by atoms with Gasteiger partial charge >= 0.3 is 0 Å². The van der Waals surface area contributed by atoms with E-state index < -0.39 is 0 Å². The number of hydrogen-bond acceptors (Lipinski definition) is 5. The van der Waals surface area contributed by atoms with Gasteiger partial charge in [-0.1, -0.05) is 36.4 Å². The number of rotatable bonds is 6. The van der Waals surface area contributed by atoms with Crippen molar-refractivity contribution in [1.29, 1.82) is 0 Å². The summed E-state index contributed by atoms with van der Waals surface area (Å²) in [5, 5.41) is 6.79. The zero-order chi connectivity index (χ0) is 23.3. The molecule has 176 valence electrons. The van der Waals surface area contributed by atoms with Gasteiger partial charge in [-0.3, -0.25) is 14.5 Å². The normalized spacial score (nSPS) is 16.1. The number of fused-ring (bicyclic) bond motifs is 1. The lowest BCUT2D eigenvalue weighted by Crippen LogP contribution is -2.48. The Labute approximate surface area is 204 Å². The molecule has 1 aliphatic carbocycles. The number of thiophene rings is 1. The minimum Gasteiger partial charge on any atom is -0.369 e. The summed E-state index contributed by atoms with van der Waals surface area (Å²) in [5.41, 5.74) is 3.74. The molecule has 6 nitrogen and oxygen atoms in total. The van der Waals surface area contributed by atoms with Gasteiger partial charge in [0, 0.05) is 42.4 Å². The Balaban J connectivity index is 1.24. The summed E-state index contributed by atoms with van der Waals surface area (Å²) in [5.74, 6) is -0.196. The van der Waals surface area contributed by atoms with Crippen molar-refractivity contribution in [3.05, 3.63) is 76.7 Å². The first-order chi connectivity index (χ1) is 16.7. The van der Waals surface area contributed by atoms with Gasteiger partial charge in [0.15, 0.2) is 0 Å². The number of anilines is 3. The van der Waals surface area contributed by atoms with E-state index in [0.717, 1.165) is 63.1 Å². The molecule has 1 aromatic heterocycles. The van der Waals surface area contributed by atoms with Crippen LogP contribution >= 0.6 is 11.3 Å². The molecule has 7 heteroatoms. The van der Waals surface area contributed by atoms with E-state index in [2.05, 4.69) is 44.7 Å². The van der Waals surface area contributed by atoms with Crippen molar-refractivity contribution in [2.24, 2.45) is 0 Å². The highest BCUT2D eigenvalue weighted by atomic mass is 32.1. The molecule has 2 N–H and O–H groups in total. The average Bonchev–Trinajstić information content (AvgIpc) is 3.23. The lowest BCUT2D eigenvalue weighted by molar-refractivity contribution is -0.117. The lowest BCUT2D eigenvalue weighted by Gasteiger charge is -2.35. The molecule has 0 atom stereocenters. The second-order valence-electron chi connectivity index (χ2n) is 8.88. The molecule has 2 heterocycles. The third-order valence-corrected chi connectivity index (χ3v) is 7.75. The van der Waals surface area contributed by atoms with Gasteiger partial charge < -0.3 is 15.5 Å². The molecule has 2 aliphatic rings. The number of para-hydroxylation sites is 2. The molecular formula is C27H30N4O2S. The van der Waals surface area contributed by atoms with Crippen molar-refractivity contribution >= 4 is 39.5 Å². The average molecular weight is 475 g/mol. The number of hydrogen-bond donors (Lipinski definition) is 2. The molecule has 0 spiro atoms. The van der Waals surface area contributed by atoms with Crippen LogP contribution in [0.3, 0.4) is 0 Å². The van der Waals surface area contributed by atoms with Crippen LogP contribution in [-0.2, 0) is 17.6 Å². The number of nitrogens with zero attached hydrogens (tertiary/aromatic N) is 2. The molecular weight excluding hydrogens is 444 g/mol. The van der Waals surface area contributed by atoms with E-state index >= 15 is 0 Å². The number of carbonyl (C=O) groups excluding carboxylic acids is 2. The van der Waals surface area contributed by atoms with Crippen LogP contribution in [0.25, 0.3) is 0 Å². The highest BCUT2D eigenvalue weighted by Gasteiger charge is 2.27. The van der Waals surface area contributed by atoms with Crippen molar-refractivity contribution in [3.8, 4) is 0 Å². The number of aryl methyl sites for hydroxylation is 1. The number of benzene rings is 2. The van der Waals surface area contributed by atoms with Crippen LogP contribution in [0.5, 0.6) is 0 Å². The van der Waals surface area contributed by atoms with Crippen molar-refractivity contribution in [2.45, 2.75) is 25.7 Å². The molecule has 1 saturated heterocycles. The van der Waals surface area contributed by atoms with Crippen LogP contribution in [-0.4, -0.2) is 49.4 Å². The third-order valence-electron chi connectivity index (χ3n) is 6.54. The first-order valence-corrected chi connectivity index (χ1v) is 12.8. The Kier molecular flexibility index (Phi) is 6.92. The topological polar surface area (TPSA) is 64.7 Å². The Morgan fingerprint density at radius 3 is 2.24 bits per heavy atom. The Hall–Kier alpha value is -3.16. The van der Waals surface area contributed by atoms with Gasteiger partial charge in [-0.15, -0.1) is 11.3 Å². The maximum absolute atomic E-state index is 13.2. The predicted molar refractivity (Wildman–Crippen MR) is 139 cm³/mol. The number of piperazine rings is 1. The van der Waals surface area contributed by atoms with E-state index in [0.29, 0.717) is 17.1 Å². The van der Waals surface area contributed by atoms with Crippen LogP contribution in [0, 0.1) is 0 Å². The summed E-state index contributed by atoms with van der Waals surface area (Å²) >= 11 is 1.57. The number of carbonyl (C=O) groups is 2. The lowest BCUT2D eigenvalue weighted by atomic mass is 9.95. The largest absolute Gasteiger partial charge is 0.369 e. The van der Waals surface area contributed by atoms with Gasteiger partial charge in [0.25, 0.3) is 5.91 Å². The molecule has 5 rings (SSSR count). The molecule has 0 bridgehead atoms. The Morgan fingerprint density at radius 1 is 0.824 bits per heavy atom. The van der Waals surface area contributed by atoms with Gasteiger partial charge in [-0.25, -0.2) is 0 Å². The van der Waals surface area contributed by atoms with Gasteiger partial charge in [-0.2, -0.15) is 0 Å². The fraction of sp³-hybridized carbons (Fsp3) is 0.333. The summed E-state index contributed by atoms with van der Waals surface area (Å²) in [6.07, 6.45) is 4.07. The van der Waals surface area contributed by atoms with Crippen molar-refractivity contribution < 1.29 is 9.59 Å². The van der Waals surface area contributed by atoms with Crippen LogP contribution < -0.4 is 15.5 Å². The highest BCUT2D eigenvalue weighted by Crippen LogP contribution is 2.38. The summed E-state index contributed by atoms with van der Waals surface area (Å²) in [4.78, 5) is 32.0. The van der Waals surface area contributed by atoms with Crippen molar-refractivity contribution in [1.82, 2.24) is 4.90 Å². The quantitative estimate of drug-likeness (QED) is 0.546. The van der Waals surface area contributed by atoms with E-state index in [1.54, 1.807) is 11.3 Å². The summed E-state index contributed by atoms with van der Waals surface area (Å²) in [7, 11) is 0. The molecule has 1 aliphatic heterocycles. The summed E-state index contributed by atoms with van der Waals surface area (Å²) in [6, 6.07) is 19.9. The molecule has 3 aromatic rings. The fourth-order valence-corrected chi connectivity index (χ4v) is 6.08. The van der Waals surface area contributed by atoms with Crippen molar-refractivity contribution in [3.63, 3.8) is 0 Å². The molecule has 0 unspecified atom stereocenters. The smallest absolute Gasteiger partial charge is 0.258 e. The van der Waals surface area contributed by atoms with Gasteiger partial charge in [0.05, 0.1) is 12.1 Å². The molecule has 0 saturated carbocycles. The minimum atomic E-state index is -0.141. The molecule has 2 amide bonds. The number of nitrogens with one attached hydrogen (secondary N) is 2. The molecule has 34 heavy (non-hydrogen) atoms. The zero-order valence-corrected chi connectivity index (χ0v) is 20.1. The second-order valence-corrected chi connectivity index (χ2v) is 9.99. The van der Waals surface area contributed by atoms with Gasteiger partial charge in [0.1, 0.15) is 5.00 Å². The predicted octanol–water partition coefficient (Wildman–Crippen LogP) is 4.64. The van der Waals surface area contributed by atoms with E-state index in [1.807, 2.05) is 36.4 Å². The van der Waals surface area contributed by atoms with Gasteiger partial charge in [-0.05, 0) is 55.5 Å². The van der Waals surface area contributed by atoms with Crippen LogP contribution in [0.15, 0.2) is 60.7 Å². The Bertz CT molecular complexity index is 1140. The van der Waals surface area contributed by atoms with E-state index in [-0.39, 0.29) is 11.8 Å². The fourth-order valence-electron chi connectivity index (χ4n) is 4.78. The van der Waals surface area contributed by atoms with E-state index in [4.69, 9.17) is 0 Å². The van der Waals surface area contributed by atoms with Crippen LogP contribution in [0.4, 0.5) is 16.4 Å². The van der Waals surface area contributed by atoms with Gasteiger partial charge in [0.2, 0.25) is 5.91 Å². The standard InChI is InChI=1S/C27H30N4O2S/c32-24(19-30-15-17-31(18-16-30)21-11-5-2-6-12-21)29-27-25(22-13-7-8-14-23(22)34-27)26(33)28-20-9-3-1-4-10-20/h1-6,9-12H,7-8,13-19H2,(H,28,33)(H,29,32). The highest BCUT2D eigenvalue weighted by molar-refractivity contribution is 7.17. The number of amides is 2. The van der Waals surface area contributed by atoms with Crippen LogP contribution in [0.1, 0.15) is 33.6 Å². The third kappa shape index (κ3) is 5.16. The molecule has 0 radical (unpaired) electrons. The Morgan fingerprint density at radius 2 is 1.50 bits per heavy atom. The summed E-state index contributed by atoms with van der Waals surface area (Å²) < 4.78 is 0. The first kappa shape index (κ1) is 22.6. The first-order valence-electron chi connectivity index (χ1n) is 12.0. The summed E-state index contributed by atoms with van der Waals surface area (Å²) in [6.45, 7) is 3.81. The monoisotopic (exact) mass is 474 g/mol. The minimum absolute atomic E-state index is 0.0551. The zero-order valence-electron chi connectivity index (χ0n) is 19.3. The molecule has 2 aromatic carbocycles. The SMILES string of the molecule is O=C(CN1CCN(c2ccccc2)CC1)Nc1sc2c(c1C(=O)Nc1ccccc1)CCCC2.